The molecule has 0 saturated carbocycles. The highest BCUT2D eigenvalue weighted by Gasteiger charge is 2.40. The Morgan fingerprint density at radius 1 is 1.27 bits per heavy atom. The van der Waals surface area contributed by atoms with Crippen LogP contribution in [0.4, 0.5) is 28.3 Å². The molecule has 0 bridgehead atoms. The van der Waals surface area contributed by atoms with E-state index in [1.165, 1.54) is 22.7 Å². The van der Waals surface area contributed by atoms with Crippen LogP contribution in [0.5, 0.6) is 5.75 Å². The van der Waals surface area contributed by atoms with Crippen LogP contribution in [0.25, 0.3) is 16.9 Å². The molecule has 10 nitrogen and oxygen atoms in total. The molecular weight excluding hydrogens is 546 g/mol. The van der Waals surface area contributed by atoms with Crippen LogP contribution in [-0.4, -0.2) is 48.6 Å². The lowest BCUT2D eigenvalue weighted by molar-refractivity contribution is -0.149. The van der Waals surface area contributed by atoms with Crippen LogP contribution in [0.3, 0.4) is 0 Å². The van der Waals surface area contributed by atoms with Crippen molar-refractivity contribution in [2.45, 2.75) is 58.5 Å². The summed E-state index contributed by atoms with van der Waals surface area (Å²) in [5, 5.41) is 4.31. The van der Waals surface area contributed by atoms with Gasteiger partial charge < -0.3 is 15.2 Å². The number of hydrogen-bond acceptors (Lipinski definition) is 7. The van der Waals surface area contributed by atoms with Crippen molar-refractivity contribution in [1.82, 2.24) is 24.1 Å². The van der Waals surface area contributed by atoms with Crippen LogP contribution in [0, 0.1) is 12.7 Å². The van der Waals surface area contributed by atoms with Gasteiger partial charge in [-0.2, -0.15) is 18.3 Å². The van der Waals surface area contributed by atoms with E-state index in [0.29, 0.717) is 41.3 Å². The standard InChI is InChI=1S/C27H29F4N7O3/c1-14-10-20(36(5)35-14)16-11-33-24(37-13-19(34-23(16)37)22(32)27(29,30)31)38(25(39)41-26(2,3)4)12-17-15-8-9-40-21(15)7-6-18(17)28/h6-7,10-11,13,22H,8-9,12,32H2,1-5H3. The molecule has 1 atom stereocenters. The van der Waals surface area contributed by atoms with E-state index in [4.69, 9.17) is 15.2 Å². The molecule has 0 aliphatic carbocycles. The second kappa shape index (κ2) is 10.0. The number of amides is 1. The van der Waals surface area contributed by atoms with E-state index in [0.717, 1.165) is 11.1 Å². The van der Waals surface area contributed by atoms with E-state index < -0.39 is 35.4 Å². The maximum Gasteiger partial charge on any atom is 0.417 e. The highest BCUT2D eigenvalue weighted by Crippen LogP contribution is 2.36. The summed E-state index contributed by atoms with van der Waals surface area (Å²) in [7, 11) is 1.67. The first-order chi connectivity index (χ1) is 19.1. The van der Waals surface area contributed by atoms with Crippen molar-refractivity contribution in [3.05, 3.63) is 58.9 Å². The molecule has 1 aliphatic rings. The molecule has 2 N–H and O–H groups in total. The first kappa shape index (κ1) is 28.3. The molecule has 4 heterocycles. The number of carbonyl (C=O) groups is 1. The van der Waals surface area contributed by atoms with Crippen molar-refractivity contribution in [1.29, 1.82) is 0 Å². The number of imidazole rings is 1. The van der Waals surface area contributed by atoms with Gasteiger partial charge in [0.25, 0.3) is 0 Å². The summed E-state index contributed by atoms with van der Waals surface area (Å²) < 4.78 is 70.1. The third-order valence-electron chi connectivity index (χ3n) is 6.55. The van der Waals surface area contributed by atoms with Crippen LogP contribution in [0.15, 0.2) is 30.6 Å². The predicted molar refractivity (Wildman–Crippen MR) is 141 cm³/mol. The molecule has 0 radical (unpaired) electrons. The van der Waals surface area contributed by atoms with Gasteiger partial charge in [0.1, 0.15) is 23.2 Å². The third-order valence-corrected chi connectivity index (χ3v) is 6.55. The van der Waals surface area contributed by atoms with Gasteiger partial charge in [-0.3, -0.25) is 9.08 Å². The highest BCUT2D eigenvalue weighted by atomic mass is 19.4. The number of aryl methyl sites for hydroxylation is 2. The number of hydrogen-bond donors (Lipinski definition) is 1. The molecule has 218 valence electrons. The molecule has 3 aromatic heterocycles. The summed E-state index contributed by atoms with van der Waals surface area (Å²) in [6, 6.07) is 2.07. The largest absolute Gasteiger partial charge is 0.493 e. The summed E-state index contributed by atoms with van der Waals surface area (Å²) in [5.41, 5.74) is 6.44. The average molecular weight is 576 g/mol. The SMILES string of the molecule is Cc1cc(-c2cnc(N(Cc3c(F)ccc4c3CCO4)C(=O)OC(C)(C)C)n3cc(C(N)C(F)(F)F)nc23)n(C)n1. The van der Waals surface area contributed by atoms with Crippen molar-refractivity contribution >= 4 is 17.7 Å². The number of benzene rings is 1. The van der Waals surface area contributed by atoms with Gasteiger partial charge in [0.05, 0.1) is 35.8 Å². The number of fused-ring (bicyclic) bond motifs is 2. The normalized spacial score (nSPS) is 14.2. The molecule has 4 aromatic rings. The Bertz CT molecular complexity index is 1640. The summed E-state index contributed by atoms with van der Waals surface area (Å²) in [6.45, 7) is 6.75. The van der Waals surface area contributed by atoms with Crippen molar-refractivity contribution < 1.29 is 31.8 Å². The smallest absolute Gasteiger partial charge is 0.417 e. The van der Waals surface area contributed by atoms with Gasteiger partial charge in [0.2, 0.25) is 5.95 Å². The van der Waals surface area contributed by atoms with Crippen LogP contribution in [0.1, 0.15) is 49.3 Å². The van der Waals surface area contributed by atoms with Crippen LogP contribution in [-0.2, 0) is 24.8 Å². The molecule has 1 amide bonds. The summed E-state index contributed by atoms with van der Waals surface area (Å²) in [6.07, 6.45) is -2.80. The molecule has 1 aliphatic heterocycles. The minimum Gasteiger partial charge on any atom is -0.493 e. The van der Waals surface area contributed by atoms with Gasteiger partial charge in [-0.05, 0) is 45.9 Å². The number of ether oxygens (including phenoxy) is 2. The van der Waals surface area contributed by atoms with E-state index in [9.17, 15) is 18.0 Å². The van der Waals surface area contributed by atoms with E-state index >= 15 is 4.39 Å². The lowest BCUT2D eigenvalue weighted by Gasteiger charge is -2.28. The number of aromatic nitrogens is 5. The number of carbonyl (C=O) groups excluding carboxylic acids is 1. The highest BCUT2D eigenvalue weighted by molar-refractivity contribution is 5.87. The molecule has 5 rings (SSSR count). The fourth-order valence-electron chi connectivity index (χ4n) is 4.72. The second-order valence-electron chi connectivity index (χ2n) is 10.8. The third kappa shape index (κ3) is 5.43. The van der Waals surface area contributed by atoms with Crippen LogP contribution in [0.2, 0.25) is 0 Å². The maximum absolute atomic E-state index is 15.2. The first-order valence-electron chi connectivity index (χ1n) is 12.8. The maximum atomic E-state index is 15.2. The molecule has 1 aromatic carbocycles. The zero-order chi connectivity index (χ0) is 29.9. The van der Waals surface area contributed by atoms with Gasteiger partial charge >= 0.3 is 12.3 Å². The number of halogens is 4. The zero-order valence-electron chi connectivity index (χ0n) is 23.1. The van der Waals surface area contributed by atoms with Crippen molar-refractivity contribution in [2.24, 2.45) is 12.8 Å². The van der Waals surface area contributed by atoms with E-state index in [1.54, 1.807) is 45.5 Å². The van der Waals surface area contributed by atoms with Crippen LogP contribution >= 0.6 is 0 Å². The summed E-state index contributed by atoms with van der Waals surface area (Å²) in [4.78, 5) is 23.4. The lowest BCUT2D eigenvalue weighted by Crippen LogP contribution is -2.38. The van der Waals surface area contributed by atoms with E-state index in [-0.39, 0.29) is 23.7 Å². The monoisotopic (exact) mass is 575 g/mol. The van der Waals surface area contributed by atoms with Crippen LogP contribution < -0.4 is 15.4 Å². The minimum atomic E-state index is -4.78. The quantitative estimate of drug-likeness (QED) is 0.333. The molecule has 0 fully saturated rings. The number of nitrogens with two attached hydrogens (primary N) is 1. The predicted octanol–water partition coefficient (Wildman–Crippen LogP) is 5.02. The zero-order valence-corrected chi connectivity index (χ0v) is 23.1. The Kier molecular flexibility index (Phi) is 6.92. The minimum absolute atomic E-state index is 0.0448. The fourth-order valence-corrected chi connectivity index (χ4v) is 4.72. The fraction of sp³-hybridized carbons (Fsp3) is 0.407. The van der Waals surface area contributed by atoms with E-state index in [1.807, 2.05) is 0 Å². The first-order valence-corrected chi connectivity index (χ1v) is 12.8. The molecule has 41 heavy (non-hydrogen) atoms. The Hall–Kier alpha value is -4.20. The molecule has 0 spiro atoms. The summed E-state index contributed by atoms with van der Waals surface area (Å²) >= 11 is 0. The Morgan fingerprint density at radius 2 is 2.00 bits per heavy atom. The lowest BCUT2D eigenvalue weighted by atomic mass is 10.0. The Balaban J connectivity index is 1.73. The van der Waals surface area contributed by atoms with Gasteiger partial charge in [-0.15, -0.1) is 0 Å². The second-order valence-corrected chi connectivity index (χ2v) is 10.8. The topological polar surface area (TPSA) is 113 Å². The van der Waals surface area contributed by atoms with E-state index in [2.05, 4.69) is 15.1 Å². The molecule has 14 heteroatoms. The van der Waals surface area contributed by atoms with Crippen molar-refractivity contribution in [3.8, 4) is 17.0 Å². The number of anilines is 1. The molecule has 0 saturated heterocycles. The van der Waals surface area contributed by atoms with Crippen molar-refractivity contribution in [3.63, 3.8) is 0 Å². The molecule has 1 unspecified atom stereocenters. The van der Waals surface area contributed by atoms with Gasteiger partial charge in [-0.1, -0.05) is 0 Å². The number of nitrogens with zero attached hydrogens (tertiary/aromatic N) is 6. The van der Waals surface area contributed by atoms with Crippen molar-refractivity contribution in [2.75, 3.05) is 11.5 Å². The number of rotatable bonds is 5. The summed E-state index contributed by atoms with van der Waals surface area (Å²) in [5.74, 6) is -0.223. The Morgan fingerprint density at radius 3 is 2.63 bits per heavy atom. The van der Waals surface area contributed by atoms with Gasteiger partial charge in [0, 0.05) is 37.0 Å². The number of alkyl halides is 3. The molecular formula is C27H29F4N7O3. The van der Waals surface area contributed by atoms with Gasteiger partial charge in [-0.25, -0.2) is 24.1 Å². The Labute approximate surface area is 232 Å². The average Bonchev–Trinajstić information content (AvgIpc) is 3.59. The van der Waals surface area contributed by atoms with Gasteiger partial charge in [0.15, 0.2) is 5.65 Å².